The predicted octanol–water partition coefficient (Wildman–Crippen LogP) is 7.12. The van der Waals surface area contributed by atoms with Crippen LogP contribution in [0.25, 0.3) is 16.6 Å². The number of anilines is 2. The maximum atomic E-state index is 14.4. The van der Waals surface area contributed by atoms with Gasteiger partial charge in [0.1, 0.15) is 11.2 Å². The van der Waals surface area contributed by atoms with Crippen LogP contribution in [0.1, 0.15) is 88.7 Å². The van der Waals surface area contributed by atoms with Crippen LogP contribution in [0.3, 0.4) is 0 Å². The zero-order chi connectivity index (χ0) is 41.8. The van der Waals surface area contributed by atoms with Gasteiger partial charge in [0.15, 0.2) is 17.5 Å². The first-order chi connectivity index (χ1) is 26.7. The van der Waals surface area contributed by atoms with Gasteiger partial charge in [-0.2, -0.15) is 10.1 Å². The van der Waals surface area contributed by atoms with Gasteiger partial charge in [-0.05, 0) is 96.2 Å². The number of halogens is 4. The Morgan fingerprint density at radius 1 is 0.930 bits per heavy atom. The number of hydrogen-bond acceptors (Lipinski definition) is 10. The van der Waals surface area contributed by atoms with E-state index in [2.05, 4.69) is 25.7 Å². The molecule has 3 aromatic heterocycles. The molecule has 5 aromatic rings. The van der Waals surface area contributed by atoms with Gasteiger partial charge in [-0.15, -0.1) is 0 Å². The van der Waals surface area contributed by atoms with Crippen LogP contribution < -0.4 is 22.0 Å². The van der Waals surface area contributed by atoms with Crippen molar-refractivity contribution >= 4 is 46.2 Å². The van der Waals surface area contributed by atoms with Gasteiger partial charge in [-0.1, -0.05) is 24.4 Å². The first kappa shape index (κ1) is 42.4. The average molecular weight is 813 g/mol. The second-order valence-electron chi connectivity index (χ2n) is 15.4. The minimum absolute atomic E-state index is 0.168. The molecule has 5 rings (SSSR count). The van der Waals surface area contributed by atoms with Crippen molar-refractivity contribution in [1.29, 1.82) is 0 Å². The number of aromatic nitrogens is 6. The van der Waals surface area contributed by atoms with E-state index >= 15 is 0 Å². The monoisotopic (exact) mass is 812 g/mol. The maximum Gasteiger partial charge on any atom is 0.407 e. The molecule has 3 heterocycles. The molecule has 0 aliphatic rings. The molecule has 18 heteroatoms. The van der Waals surface area contributed by atoms with Gasteiger partial charge in [0.2, 0.25) is 5.95 Å². The molecule has 2 N–H and O–H groups in total. The first-order valence-electron chi connectivity index (χ1n) is 18.2. The van der Waals surface area contributed by atoms with Crippen molar-refractivity contribution in [2.24, 2.45) is 7.05 Å². The van der Waals surface area contributed by atoms with Gasteiger partial charge in [-0.3, -0.25) is 14.2 Å². The van der Waals surface area contributed by atoms with E-state index in [0.717, 1.165) is 29.0 Å². The minimum Gasteiger partial charge on any atom is -0.456 e. The van der Waals surface area contributed by atoms with E-state index < -0.39 is 58.6 Å². The molecule has 304 valence electrons. The van der Waals surface area contributed by atoms with Gasteiger partial charge in [-0.25, -0.2) is 36.9 Å². The van der Waals surface area contributed by atoms with Crippen LogP contribution in [0, 0.1) is 17.5 Å². The molecule has 0 aliphatic carbocycles. The highest BCUT2D eigenvalue weighted by Crippen LogP contribution is 2.36. The van der Waals surface area contributed by atoms with Crippen molar-refractivity contribution < 1.29 is 32.2 Å². The Hall–Kier alpha value is -5.71. The highest BCUT2D eigenvalue weighted by atomic mass is 35.5. The largest absolute Gasteiger partial charge is 0.456 e. The lowest BCUT2D eigenvalue weighted by atomic mass is 10.0. The fourth-order valence-corrected chi connectivity index (χ4v) is 6.26. The molecular formula is C39H44ClF3N8O6. The van der Waals surface area contributed by atoms with Gasteiger partial charge in [0, 0.05) is 31.4 Å². The van der Waals surface area contributed by atoms with E-state index in [1.165, 1.54) is 12.3 Å². The topological polar surface area (TPSA) is 164 Å². The number of hydrogen-bond donors (Lipinski definition) is 2. The molecule has 0 spiro atoms. The third kappa shape index (κ3) is 10.6. The number of carbonyl (C=O) groups excluding carboxylic acids is 2. The normalized spacial score (nSPS) is 11.8. The van der Waals surface area contributed by atoms with Gasteiger partial charge in [0.25, 0.3) is 0 Å². The number of unbranched alkanes of at least 4 members (excludes halogenated alkanes) is 3. The number of benzene rings is 2. The number of ether oxygens (including phenoxy) is 2. The number of pyridine rings is 1. The molecule has 0 aliphatic heterocycles. The van der Waals surface area contributed by atoms with Crippen molar-refractivity contribution in [1.82, 2.24) is 34.2 Å². The van der Waals surface area contributed by atoms with Gasteiger partial charge >= 0.3 is 23.4 Å². The van der Waals surface area contributed by atoms with Crippen molar-refractivity contribution in [3.8, 4) is 5.69 Å². The summed E-state index contributed by atoms with van der Waals surface area (Å²) in [5.41, 5.74) is -2.83. The Kier molecular flexibility index (Phi) is 12.8. The van der Waals surface area contributed by atoms with E-state index in [4.69, 9.17) is 21.1 Å². The van der Waals surface area contributed by atoms with Crippen LogP contribution in [-0.4, -0.2) is 58.7 Å². The number of carbonyl (C=O) groups is 2. The molecular weight excluding hydrogens is 769 g/mol. The summed E-state index contributed by atoms with van der Waals surface area (Å²) in [7, 11) is 1.74. The summed E-state index contributed by atoms with van der Waals surface area (Å²) in [5.74, 6) is -5.93. The van der Waals surface area contributed by atoms with Crippen molar-refractivity contribution in [3.05, 3.63) is 103 Å². The van der Waals surface area contributed by atoms with Crippen molar-refractivity contribution in [2.75, 3.05) is 11.9 Å². The molecule has 0 unspecified atom stereocenters. The van der Waals surface area contributed by atoms with Gasteiger partial charge in [0.05, 0.1) is 40.2 Å². The highest BCUT2D eigenvalue weighted by molar-refractivity contribution is 6.34. The fraction of sp³-hybridized carbons (Fsp3) is 0.410. The van der Waals surface area contributed by atoms with Crippen LogP contribution in [0.2, 0.25) is 5.02 Å². The Labute approximate surface area is 331 Å². The number of aryl methyl sites for hydroxylation is 2. The van der Waals surface area contributed by atoms with E-state index in [1.807, 2.05) is 0 Å². The van der Waals surface area contributed by atoms with Gasteiger partial charge < -0.3 is 20.1 Å². The molecule has 0 saturated heterocycles. The molecule has 57 heavy (non-hydrogen) atoms. The van der Waals surface area contributed by atoms with Crippen molar-refractivity contribution in [2.45, 2.75) is 91.4 Å². The zero-order valence-corrected chi connectivity index (χ0v) is 33.4. The molecule has 0 bridgehead atoms. The summed E-state index contributed by atoms with van der Waals surface area (Å²) in [4.78, 5) is 61.6. The zero-order valence-electron chi connectivity index (χ0n) is 32.6. The lowest BCUT2D eigenvalue weighted by Crippen LogP contribution is -2.42. The smallest absolute Gasteiger partial charge is 0.407 e. The predicted molar refractivity (Wildman–Crippen MR) is 208 cm³/mol. The number of nitrogens with zero attached hydrogens (tertiary/aromatic N) is 6. The molecule has 2 aromatic carbocycles. The lowest BCUT2D eigenvalue weighted by molar-refractivity contribution is 0.00690. The lowest BCUT2D eigenvalue weighted by Gasteiger charge is -2.21. The minimum atomic E-state index is -1.70. The van der Waals surface area contributed by atoms with E-state index in [-0.39, 0.29) is 33.5 Å². The van der Waals surface area contributed by atoms with Crippen LogP contribution in [0.5, 0.6) is 0 Å². The van der Waals surface area contributed by atoms with E-state index in [1.54, 1.807) is 65.5 Å². The highest BCUT2D eigenvalue weighted by Gasteiger charge is 2.26. The molecule has 0 saturated carbocycles. The Bertz CT molecular complexity index is 2410. The number of amides is 1. The van der Waals surface area contributed by atoms with Crippen LogP contribution >= 0.6 is 11.6 Å². The molecule has 14 nitrogen and oxygen atoms in total. The second-order valence-corrected chi connectivity index (χ2v) is 15.8. The molecule has 0 atom stereocenters. The summed E-state index contributed by atoms with van der Waals surface area (Å²) in [6.45, 7) is 10.1. The number of nitrogens with one attached hydrogen (secondary N) is 2. The number of rotatable bonds is 13. The third-order valence-electron chi connectivity index (χ3n) is 8.36. The first-order valence-corrected chi connectivity index (χ1v) is 18.5. The second kappa shape index (κ2) is 17.2. The van der Waals surface area contributed by atoms with Crippen LogP contribution in [0.4, 0.5) is 29.6 Å². The quantitative estimate of drug-likeness (QED) is 0.0711. The van der Waals surface area contributed by atoms with E-state index in [0.29, 0.717) is 53.6 Å². The fourth-order valence-electron chi connectivity index (χ4n) is 6.00. The summed E-state index contributed by atoms with van der Waals surface area (Å²) in [5, 5.41) is 11.2. The summed E-state index contributed by atoms with van der Waals surface area (Å²) in [6, 6.07) is 4.29. The van der Waals surface area contributed by atoms with E-state index in [9.17, 15) is 32.3 Å². The SMILES string of the molecule is Cn1cc2c(CCCCCCNC(=O)OC(C)(C)C)c(Nc3nc(=O)n(-c4cnccc4C(=O)OC(C)(C)C)c(=O)n3Cc3cc(F)c(F)c(F)c3)c(Cl)cc2n1. The Morgan fingerprint density at radius 2 is 1.60 bits per heavy atom. The summed E-state index contributed by atoms with van der Waals surface area (Å²) in [6.07, 6.45) is 7.04. The van der Waals surface area contributed by atoms with Crippen molar-refractivity contribution in [3.63, 3.8) is 0 Å². The van der Waals surface area contributed by atoms with Crippen LogP contribution in [-0.2, 0) is 29.5 Å². The average Bonchev–Trinajstić information content (AvgIpc) is 3.47. The third-order valence-corrected chi connectivity index (χ3v) is 8.66. The Balaban J connectivity index is 1.54. The molecule has 1 amide bonds. The molecule has 0 fully saturated rings. The number of fused-ring (bicyclic) bond motifs is 1. The number of alkyl carbamates (subject to hydrolysis) is 1. The number of esters is 1. The summed E-state index contributed by atoms with van der Waals surface area (Å²) >= 11 is 6.85. The summed E-state index contributed by atoms with van der Waals surface area (Å²) < 4.78 is 56.7. The van der Waals surface area contributed by atoms with Crippen LogP contribution in [0.15, 0.2) is 52.4 Å². The standard InChI is InChI=1S/C39H44ClF3N8O6/c1-38(2,3)56-33(52)24-13-15-44-19-30(24)51-35(53)47-34(50(37(51)55)20-22-16-27(41)31(43)28(42)17-22)46-32-23(25-21-49(7)48-29(25)18-26(32)40)12-10-8-9-11-14-45-36(54)57-39(4,5)6/h13,15-19,21H,8-12,14,20H2,1-7H3,(H,45,54)(H,46,47,53). The Morgan fingerprint density at radius 3 is 2.26 bits per heavy atom. The molecule has 0 radical (unpaired) electrons. The maximum absolute atomic E-state index is 14.4.